The second-order valence-electron chi connectivity index (χ2n) is 2.77. The summed E-state index contributed by atoms with van der Waals surface area (Å²) < 4.78 is 0. The molecule has 0 saturated carbocycles. The monoisotopic (exact) mass is 163 g/mol. The van der Waals surface area contributed by atoms with Crippen molar-refractivity contribution in [3.8, 4) is 0 Å². The Morgan fingerprint density at radius 1 is 1.09 bits per heavy atom. The van der Waals surface area contributed by atoms with E-state index in [1.54, 1.807) is 11.6 Å². The number of hydrogen-bond donors (Lipinski definition) is 0. The lowest BCUT2D eigenvalue weighted by molar-refractivity contribution is 1.40. The number of benzene rings is 1. The highest BCUT2D eigenvalue weighted by Crippen LogP contribution is 2.01. The second kappa shape index (κ2) is 3.86. The van der Waals surface area contributed by atoms with Crippen LogP contribution >= 0.6 is 11.6 Å². The van der Waals surface area contributed by atoms with Gasteiger partial charge in [-0.25, -0.2) is 11.6 Å². The zero-order valence-electron chi connectivity index (χ0n) is 7.22. The van der Waals surface area contributed by atoms with E-state index in [1.807, 2.05) is 0 Å². The lowest BCUT2D eigenvalue weighted by Gasteiger charge is -2.01. The molecule has 0 unspecified atom stereocenters. The highest BCUT2D eigenvalue weighted by Gasteiger charge is 1.95. The third kappa shape index (κ3) is 2.62. The zero-order valence-corrected chi connectivity index (χ0v) is 8.03. The third-order valence-corrected chi connectivity index (χ3v) is 2.01. The highest BCUT2D eigenvalue weighted by molar-refractivity contribution is 8.23. The van der Waals surface area contributed by atoms with Crippen molar-refractivity contribution in [2.45, 2.75) is 13.8 Å². The molecule has 0 saturated heterocycles. The number of rotatable bonds is 2. The Hall–Kier alpha value is -0.365. The minimum absolute atomic E-state index is 1.31. The summed E-state index contributed by atoms with van der Waals surface area (Å²) in [5, 5.41) is 0. The van der Waals surface area contributed by atoms with Crippen LogP contribution in [0.5, 0.6) is 0 Å². The molecule has 0 atom stereocenters. The van der Waals surface area contributed by atoms with Crippen LogP contribution in [-0.4, -0.2) is 12.8 Å². The summed E-state index contributed by atoms with van der Waals surface area (Å²) in [6, 6.07) is 6.59. The molecule has 0 bridgehead atoms. The Labute approximate surface area is 73.5 Å². The van der Waals surface area contributed by atoms with Crippen LogP contribution < -0.4 is 5.46 Å². The first-order chi connectivity index (χ1) is 5.22. The largest absolute Gasteiger partial charge is 0.229 e. The molecule has 0 aliphatic carbocycles. The van der Waals surface area contributed by atoms with E-state index in [9.17, 15) is 0 Å². The summed E-state index contributed by atoms with van der Waals surface area (Å²) in [4.78, 5) is 0. The Balaban J connectivity index is 2.89. The topological polar surface area (TPSA) is 0 Å². The quantitative estimate of drug-likeness (QED) is 0.600. The Kier molecular flexibility index (Phi) is 3.07. The molecule has 57 valence electrons. The molecule has 0 heterocycles. The molecule has 0 spiro atoms. The van der Waals surface area contributed by atoms with Crippen LogP contribution in [0.2, 0.25) is 0 Å². The van der Waals surface area contributed by atoms with Crippen molar-refractivity contribution in [3.63, 3.8) is 0 Å². The van der Waals surface area contributed by atoms with E-state index in [4.69, 9.17) is 0 Å². The van der Waals surface area contributed by atoms with Gasteiger partial charge in [-0.15, -0.1) is 0 Å². The molecular weight excluding hydrogens is 151 g/mol. The molecule has 1 aromatic rings. The second-order valence-corrected chi connectivity index (χ2v) is 3.48. The van der Waals surface area contributed by atoms with Gasteiger partial charge in [0.05, 0.1) is 0 Å². The van der Waals surface area contributed by atoms with Gasteiger partial charge in [-0.3, -0.25) is 0 Å². The minimum Gasteiger partial charge on any atom is -0.215 e. The van der Waals surface area contributed by atoms with Crippen molar-refractivity contribution >= 4 is 23.6 Å². The van der Waals surface area contributed by atoms with Crippen molar-refractivity contribution in [1.82, 2.24) is 0 Å². The maximum Gasteiger partial charge on any atom is 0.229 e. The Morgan fingerprint density at radius 3 is 2.09 bits per heavy atom. The Bertz CT molecular complexity index is 225. The maximum absolute atomic E-state index is 2.20. The van der Waals surface area contributed by atoms with Crippen molar-refractivity contribution in [3.05, 3.63) is 29.3 Å². The summed E-state index contributed by atoms with van der Waals surface area (Å²) in [6.45, 7) is 6.43. The molecule has 0 fully saturated rings. The van der Waals surface area contributed by atoms with Crippen LogP contribution in [0, 0.1) is 13.8 Å². The standard InChI is InChI=1S/C9H12BS/c1-7-4-8(2)6-9(5-7)10-11-3/h4-6H,1-3H3. The van der Waals surface area contributed by atoms with Gasteiger partial charge in [-0.05, 0) is 20.1 Å². The summed E-state index contributed by atoms with van der Waals surface area (Å²) in [6.07, 6.45) is 2.08. The van der Waals surface area contributed by atoms with Gasteiger partial charge < -0.3 is 0 Å². The predicted molar refractivity (Wildman–Crippen MR) is 54.8 cm³/mol. The van der Waals surface area contributed by atoms with Crippen molar-refractivity contribution in [1.29, 1.82) is 0 Å². The van der Waals surface area contributed by atoms with Gasteiger partial charge in [-0.2, -0.15) is 0 Å². The zero-order chi connectivity index (χ0) is 8.27. The molecule has 1 radical (unpaired) electrons. The molecule has 2 heteroatoms. The van der Waals surface area contributed by atoms with E-state index in [2.05, 4.69) is 44.9 Å². The fraction of sp³-hybridized carbons (Fsp3) is 0.333. The molecule has 0 aliphatic heterocycles. The molecule has 0 N–H and O–H groups in total. The lowest BCUT2D eigenvalue weighted by Crippen LogP contribution is -2.11. The molecular formula is C9H12BS. The van der Waals surface area contributed by atoms with E-state index < -0.39 is 0 Å². The Morgan fingerprint density at radius 2 is 1.64 bits per heavy atom. The fourth-order valence-electron chi connectivity index (χ4n) is 1.21. The van der Waals surface area contributed by atoms with Crippen LogP contribution in [0.15, 0.2) is 18.2 Å². The average Bonchev–Trinajstić information content (AvgIpc) is 1.85. The smallest absolute Gasteiger partial charge is 0.215 e. The lowest BCUT2D eigenvalue weighted by atomic mass is 9.91. The third-order valence-electron chi connectivity index (χ3n) is 1.50. The minimum atomic E-state index is 1.31. The average molecular weight is 163 g/mol. The van der Waals surface area contributed by atoms with Crippen molar-refractivity contribution in [2.24, 2.45) is 0 Å². The molecule has 0 aromatic heterocycles. The predicted octanol–water partition coefficient (Wildman–Crippen LogP) is 1.91. The molecule has 1 rings (SSSR count). The first-order valence-electron chi connectivity index (χ1n) is 3.66. The van der Waals surface area contributed by atoms with Gasteiger partial charge in [0.2, 0.25) is 6.56 Å². The molecule has 11 heavy (non-hydrogen) atoms. The van der Waals surface area contributed by atoms with Crippen molar-refractivity contribution in [2.75, 3.05) is 6.26 Å². The molecule has 0 aliphatic rings. The molecule has 1 aromatic carbocycles. The van der Waals surface area contributed by atoms with E-state index in [1.165, 1.54) is 16.6 Å². The van der Waals surface area contributed by atoms with E-state index in [-0.39, 0.29) is 0 Å². The first-order valence-corrected chi connectivity index (χ1v) is 4.95. The van der Waals surface area contributed by atoms with Gasteiger partial charge in [-0.1, -0.05) is 34.8 Å². The van der Waals surface area contributed by atoms with Crippen LogP contribution in [0.25, 0.3) is 0 Å². The van der Waals surface area contributed by atoms with Gasteiger partial charge in [0.15, 0.2) is 0 Å². The highest BCUT2D eigenvalue weighted by atomic mass is 32.2. The SMILES string of the molecule is CS[B]c1cc(C)cc(C)c1. The van der Waals surface area contributed by atoms with E-state index in [0.717, 1.165) is 0 Å². The summed E-state index contributed by atoms with van der Waals surface area (Å²) in [7, 11) is 0. The van der Waals surface area contributed by atoms with Gasteiger partial charge in [0, 0.05) is 0 Å². The van der Waals surface area contributed by atoms with Crippen LogP contribution in [0.3, 0.4) is 0 Å². The van der Waals surface area contributed by atoms with Crippen molar-refractivity contribution < 1.29 is 0 Å². The normalized spacial score (nSPS) is 9.73. The summed E-state index contributed by atoms with van der Waals surface area (Å²) in [5.74, 6) is 0. The van der Waals surface area contributed by atoms with Crippen LogP contribution in [0.4, 0.5) is 0 Å². The fourth-order valence-corrected chi connectivity index (χ4v) is 1.62. The maximum atomic E-state index is 2.20. The van der Waals surface area contributed by atoms with Gasteiger partial charge in [0.1, 0.15) is 0 Å². The van der Waals surface area contributed by atoms with Gasteiger partial charge in [0.25, 0.3) is 0 Å². The number of hydrogen-bond acceptors (Lipinski definition) is 1. The van der Waals surface area contributed by atoms with Gasteiger partial charge >= 0.3 is 0 Å². The summed E-state index contributed by atoms with van der Waals surface area (Å²) >= 11 is 1.75. The molecule has 0 amide bonds. The molecule has 0 nitrogen and oxygen atoms in total. The van der Waals surface area contributed by atoms with Crippen LogP contribution in [0.1, 0.15) is 11.1 Å². The van der Waals surface area contributed by atoms with Crippen LogP contribution in [-0.2, 0) is 0 Å². The van der Waals surface area contributed by atoms with E-state index in [0.29, 0.717) is 0 Å². The number of aryl methyl sites for hydroxylation is 2. The summed E-state index contributed by atoms with van der Waals surface area (Å²) in [5.41, 5.74) is 3.99. The van der Waals surface area contributed by atoms with E-state index >= 15 is 0 Å². The first kappa shape index (κ1) is 8.73.